The number of hydrogen-bond donors (Lipinski definition) is 0. The molecule has 0 saturated carbocycles. The lowest BCUT2D eigenvalue weighted by molar-refractivity contribution is -0.384. The van der Waals surface area contributed by atoms with Crippen LogP contribution in [0.4, 0.5) is 5.69 Å². The molecule has 0 fully saturated rings. The van der Waals surface area contributed by atoms with Gasteiger partial charge in [0, 0.05) is 17.7 Å². The molecular weight excluding hydrogens is 336 g/mol. The third kappa shape index (κ3) is 2.92. The average molecular weight is 354 g/mol. The fourth-order valence-electron chi connectivity index (χ4n) is 2.95. The maximum atomic E-state index is 12.8. The van der Waals surface area contributed by atoms with Crippen LogP contribution in [0.2, 0.25) is 0 Å². The van der Waals surface area contributed by atoms with Gasteiger partial charge < -0.3 is 9.47 Å². The second-order valence-corrected chi connectivity index (χ2v) is 5.83. The Bertz CT molecular complexity index is 848. The van der Waals surface area contributed by atoms with Crippen molar-refractivity contribution in [2.24, 2.45) is 4.99 Å². The number of esters is 1. The van der Waals surface area contributed by atoms with Crippen LogP contribution in [-0.2, 0) is 19.8 Å². The number of aliphatic imine (C=N–C) groups is 1. The van der Waals surface area contributed by atoms with Crippen LogP contribution in [0, 0.1) is 10.1 Å². The van der Waals surface area contributed by atoms with E-state index in [1.165, 1.54) is 24.3 Å². The zero-order valence-electron chi connectivity index (χ0n) is 14.4. The highest BCUT2D eigenvalue weighted by molar-refractivity contribution is 5.99. The number of carbonyl (C=O) groups excluding carboxylic acids is 1. The summed E-state index contributed by atoms with van der Waals surface area (Å²) in [7, 11) is 0. The van der Waals surface area contributed by atoms with Gasteiger partial charge in [-0.3, -0.25) is 10.1 Å². The lowest BCUT2D eigenvalue weighted by atomic mass is 9.86. The molecule has 1 heterocycles. The molecule has 0 saturated heterocycles. The van der Waals surface area contributed by atoms with Crippen LogP contribution in [0.25, 0.3) is 0 Å². The van der Waals surface area contributed by atoms with Gasteiger partial charge in [-0.1, -0.05) is 18.2 Å². The van der Waals surface area contributed by atoms with Gasteiger partial charge in [0.2, 0.25) is 11.4 Å². The van der Waals surface area contributed by atoms with E-state index in [1.54, 1.807) is 13.8 Å². The molecule has 7 heteroatoms. The Morgan fingerprint density at radius 2 is 1.88 bits per heavy atom. The Hall–Kier alpha value is -3.22. The molecule has 0 amide bonds. The lowest BCUT2D eigenvalue weighted by Crippen LogP contribution is -2.42. The van der Waals surface area contributed by atoms with E-state index in [0.29, 0.717) is 11.5 Å². The molecule has 7 nitrogen and oxygen atoms in total. The Morgan fingerprint density at radius 3 is 2.46 bits per heavy atom. The second kappa shape index (κ2) is 6.95. The van der Waals surface area contributed by atoms with Crippen molar-refractivity contribution in [3.63, 3.8) is 0 Å². The fourth-order valence-corrected chi connectivity index (χ4v) is 2.95. The van der Waals surface area contributed by atoms with Crippen LogP contribution in [0.1, 0.15) is 25.0 Å². The summed E-state index contributed by atoms with van der Waals surface area (Å²) >= 11 is 0. The smallest absolute Gasteiger partial charge is 0.342 e. The molecular formula is C19H18N2O5. The molecule has 2 aromatic carbocycles. The molecule has 26 heavy (non-hydrogen) atoms. The van der Waals surface area contributed by atoms with Crippen LogP contribution in [-0.4, -0.2) is 29.5 Å². The second-order valence-electron chi connectivity index (χ2n) is 5.83. The Kier molecular flexibility index (Phi) is 4.71. The van der Waals surface area contributed by atoms with Gasteiger partial charge in [0.1, 0.15) is 6.10 Å². The zero-order valence-corrected chi connectivity index (χ0v) is 14.4. The first kappa shape index (κ1) is 17.6. The van der Waals surface area contributed by atoms with Crippen molar-refractivity contribution < 1.29 is 19.2 Å². The third-order valence-corrected chi connectivity index (χ3v) is 4.28. The minimum atomic E-state index is -1.41. The zero-order chi connectivity index (χ0) is 18.7. The topological polar surface area (TPSA) is 91.0 Å². The van der Waals surface area contributed by atoms with Crippen molar-refractivity contribution in [1.29, 1.82) is 0 Å². The van der Waals surface area contributed by atoms with Gasteiger partial charge in [-0.05, 0) is 43.7 Å². The minimum Gasteiger partial charge on any atom is -0.471 e. The number of nitro benzene ring substituents is 1. The predicted octanol–water partition coefficient (Wildman–Crippen LogP) is 3.22. The molecule has 1 aliphatic rings. The van der Waals surface area contributed by atoms with Gasteiger partial charge in [0.15, 0.2) is 0 Å². The highest BCUT2D eigenvalue weighted by atomic mass is 16.6. The van der Waals surface area contributed by atoms with Crippen molar-refractivity contribution in [1.82, 2.24) is 0 Å². The number of rotatable bonds is 5. The number of non-ortho nitro benzene ring substituents is 1. The molecule has 0 radical (unpaired) electrons. The van der Waals surface area contributed by atoms with E-state index in [1.807, 2.05) is 30.3 Å². The van der Waals surface area contributed by atoms with E-state index in [0.717, 1.165) is 5.56 Å². The summed E-state index contributed by atoms with van der Waals surface area (Å²) in [6.07, 6.45) is -0.627. The first-order valence-corrected chi connectivity index (χ1v) is 8.23. The van der Waals surface area contributed by atoms with E-state index in [9.17, 15) is 14.9 Å². The highest BCUT2D eigenvalue weighted by Crippen LogP contribution is 2.39. The summed E-state index contributed by atoms with van der Waals surface area (Å²) in [5, 5.41) is 10.9. The molecule has 0 aromatic heterocycles. The minimum absolute atomic E-state index is 0.0633. The van der Waals surface area contributed by atoms with Crippen molar-refractivity contribution >= 4 is 17.6 Å². The first-order valence-electron chi connectivity index (χ1n) is 8.23. The van der Waals surface area contributed by atoms with Crippen molar-refractivity contribution in [2.75, 3.05) is 6.61 Å². The SMILES string of the molecule is CCOC(=O)[C@@]1(c2ccc([N+](=O)[O-])cc2)N=C(c2ccccc2)O[C@H]1C. The van der Waals surface area contributed by atoms with Crippen LogP contribution in [0.15, 0.2) is 59.6 Å². The van der Waals surface area contributed by atoms with Crippen molar-refractivity contribution in [3.05, 3.63) is 75.8 Å². The molecule has 2 atom stereocenters. The van der Waals surface area contributed by atoms with E-state index in [2.05, 4.69) is 4.99 Å². The van der Waals surface area contributed by atoms with Crippen LogP contribution >= 0.6 is 0 Å². The van der Waals surface area contributed by atoms with Gasteiger partial charge in [0.05, 0.1) is 11.5 Å². The maximum Gasteiger partial charge on any atom is 0.342 e. The molecule has 0 spiro atoms. The van der Waals surface area contributed by atoms with E-state index >= 15 is 0 Å². The number of nitro groups is 1. The largest absolute Gasteiger partial charge is 0.471 e. The molecule has 2 aromatic rings. The number of carbonyl (C=O) groups is 1. The number of benzene rings is 2. The highest BCUT2D eigenvalue weighted by Gasteiger charge is 2.53. The summed E-state index contributed by atoms with van der Waals surface area (Å²) in [6, 6.07) is 15.0. The van der Waals surface area contributed by atoms with E-state index < -0.39 is 22.5 Å². The summed E-state index contributed by atoms with van der Waals surface area (Å²) in [5.41, 5.74) is -0.241. The average Bonchev–Trinajstić information content (AvgIpc) is 3.01. The number of hydrogen-bond acceptors (Lipinski definition) is 6. The summed E-state index contributed by atoms with van der Waals surface area (Å²) in [6.45, 7) is 3.64. The molecule has 0 bridgehead atoms. The van der Waals surface area contributed by atoms with E-state index in [4.69, 9.17) is 9.47 Å². The normalized spacial score (nSPS) is 21.6. The molecule has 134 valence electrons. The van der Waals surface area contributed by atoms with Gasteiger partial charge in [0.25, 0.3) is 5.69 Å². The molecule has 3 rings (SSSR count). The van der Waals surface area contributed by atoms with Crippen molar-refractivity contribution in [3.8, 4) is 0 Å². The van der Waals surface area contributed by atoms with Gasteiger partial charge >= 0.3 is 5.97 Å². The van der Waals surface area contributed by atoms with Crippen LogP contribution < -0.4 is 0 Å². The Morgan fingerprint density at radius 1 is 1.23 bits per heavy atom. The molecule has 1 aliphatic heterocycles. The summed E-state index contributed by atoms with van der Waals surface area (Å²) in [5.74, 6) is -0.211. The third-order valence-electron chi connectivity index (χ3n) is 4.28. The number of ether oxygens (including phenoxy) is 2. The maximum absolute atomic E-state index is 12.8. The predicted molar refractivity (Wildman–Crippen MR) is 94.9 cm³/mol. The standard InChI is InChI=1S/C19H18N2O5/c1-3-25-18(22)19(15-9-11-16(12-10-15)21(23)24)13(2)26-17(20-19)14-7-5-4-6-8-14/h4-13H,3H2,1-2H3/t13-,19+/m0/s1. The molecule has 0 N–H and O–H groups in total. The summed E-state index contributed by atoms with van der Waals surface area (Å²) < 4.78 is 11.1. The van der Waals surface area contributed by atoms with Gasteiger partial charge in [-0.2, -0.15) is 0 Å². The quantitative estimate of drug-likeness (QED) is 0.467. The first-order chi connectivity index (χ1) is 12.5. The van der Waals surface area contributed by atoms with E-state index in [-0.39, 0.29) is 12.3 Å². The molecule has 0 unspecified atom stereocenters. The fraction of sp³-hybridized carbons (Fsp3) is 0.263. The Balaban J connectivity index is 2.11. The van der Waals surface area contributed by atoms with Gasteiger partial charge in [-0.15, -0.1) is 0 Å². The van der Waals surface area contributed by atoms with Crippen LogP contribution in [0.3, 0.4) is 0 Å². The number of nitrogens with zero attached hydrogens (tertiary/aromatic N) is 2. The monoisotopic (exact) mass is 354 g/mol. The van der Waals surface area contributed by atoms with Crippen molar-refractivity contribution in [2.45, 2.75) is 25.5 Å². The Labute approximate surface area is 150 Å². The summed E-state index contributed by atoms with van der Waals surface area (Å²) in [4.78, 5) is 27.8. The van der Waals surface area contributed by atoms with Gasteiger partial charge in [-0.25, -0.2) is 9.79 Å². The molecule has 0 aliphatic carbocycles. The lowest BCUT2D eigenvalue weighted by Gasteiger charge is -2.27. The van der Waals surface area contributed by atoms with Crippen LogP contribution in [0.5, 0.6) is 0 Å².